The molecule has 0 aromatic heterocycles. The molecule has 2 saturated heterocycles. The van der Waals surface area contributed by atoms with E-state index >= 15 is 0 Å². The van der Waals surface area contributed by atoms with Gasteiger partial charge in [0.05, 0.1) is 0 Å². The van der Waals surface area contributed by atoms with Crippen LogP contribution in [0, 0.1) is 0 Å². The second kappa shape index (κ2) is 11.5. The van der Waals surface area contributed by atoms with Crippen LogP contribution < -0.4 is 10.2 Å². The number of nitrogens with one attached hydrogen (secondary N) is 1. The Morgan fingerprint density at radius 3 is 2.08 bits per heavy atom. The maximum Gasteiger partial charge on any atom is 0.319 e. The number of amides is 2. The summed E-state index contributed by atoms with van der Waals surface area (Å²) in [6.45, 7) is 3.26. The molecule has 1 N–H and O–H groups in total. The minimum absolute atomic E-state index is 0.128. The minimum atomic E-state index is -0.479. The predicted molar refractivity (Wildman–Crippen MR) is 146 cm³/mol. The van der Waals surface area contributed by atoms with E-state index in [1.807, 2.05) is 54.6 Å². The van der Waals surface area contributed by atoms with E-state index in [0.717, 1.165) is 36.2 Å². The van der Waals surface area contributed by atoms with Gasteiger partial charge < -0.3 is 15.0 Å². The molecule has 2 fully saturated rings. The number of likely N-dealkylation sites (tertiary alicyclic amines) is 1. The number of halogens is 2. The lowest BCUT2D eigenvalue weighted by atomic mass is 10.0. The molecule has 2 aliphatic rings. The van der Waals surface area contributed by atoms with Crippen LogP contribution >= 0.6 is 23.2 Å². The number of anilines is 1. The van der Waals surface area contributed by atoms with Crippen molar-refractivity contribution in [3.8, 4) is 0 Å². The average Bonchev–Trinajstić information content (AvgIpc) is 2.89. The molecule has 5 nitrogen and oxygen atoms in total. The Morgan fingerprint density at radius 2 is 1.47 bits per heavy atom. The molecule has 5 rings (SSSR count). The molecule has 2 heterocycles. The van der Waals surface area contributed by atoms with Crippen molar-refractivity contribution in [2.75, 3.05) is 24.5 Å². The number of nitrogens with zero attached hydrogens (tertiary/aromatic N) is 2. The van der Waals surface area contributed by atoms with Gasteiger partial charge in [0, 0.05) is 59.5 Å². The van der Waals surface area contributed by atoms with Gasteiger partial charge in [0.2, 0.25) is 0 Å². The van der Waals surface area contributed by atoms with E-state index in [-0.39, 0.29) is 12.3 Å². The number of urea groups is 1. The van der Waals surface area contributed by atoms with Crippen LogP contribution in [0.4, 0.5) is 10.5 Å². The van der Waals surface area contributed by atoms with Gasteiger partial charge >= 0.3 is 6.03 Å². The van der Waals surface area contributed by atoms with Gasteiger partial charge in [-0.1, -0.05) is 77.8 Å². The smallest absolute Gasteiger partial charge is 0.319 e. The van der Waals surface area contributed by atoms with Crippen molar-refractivity contribution < 1.29 is 9.53 Å². The lowest BCUT2D eigenvalue weighted by Crippen LogP contribution is -2.56. The van der Waals surface area contributed by atoms with Crippen molar-refractivity contribution in [1.29, 1.82) is 0 Å². The van der Waals surface area contributed by atoms with E-state index in [1.54, 1.807) is 4.90 Å². The monoisotopic (exact) mass is 523 g/mol. The Morgan fingerprint density at radius 1 is 0.861 bits per heavy atom. The molecule has 2 amide bonds. The van der Waals surface area contributed by atoms with Gasteiger partial charge in [-0.05, 0) is 43.0 Å². The summed E-state index contributed by atoms with van der Waals surface area (Å²) in [4.78, 5) is 17.3. The van der Waals surface area contributed by atoms with E-state index in [4.69, 9.17) is 27.9 Å². The van der Waals surface area contributed by atoms with Crippen LogP contribution in [0.2, 0.25) is 10.0 Å². The molecule has 0 spiro atoms. The zero-order valence-corrected chi connectivity index (χ0v) is 21.7. The van der Waals surface area contributed by atoms with Crippen molar-refractivity contribution in [3.05, 3.63) is 99.5 Å². The second-order valence-corrected chi connectivity index (χ2v) is 10.1. The van der Waals surface area contributed by atoms with Crippen molar-refractivity contribution in [3.63, 3.8) is 0 Å². The van der Waals surface area contributed by atoms with Crippen LogP contribution in [0.25, 0.3) is 0 Å². The maximum absolute atomic E-state index is 13.2. The van der Waals surface area contributed by atoms with Crippen LogP contribution in [0.3, 0.4) is 0 Å². The topological polar surface area (TPSA) is 44.8 Å². The zero-order valence-electron chi connectivity index (χ0n) is 20.2. The third-order valence-corrected chi connectivity index (χ3v) is 7.70. The summed E-state index contributed by atoms with van der Waals surface area (Å²) < 4.78 is 6.51. The first-order chi connectivity index (χ1) is 17.6. The van der Waals surface area contributed by atoms with E-state index in [0.29, 0.717) is 23.1 Å². The minimum Gasteiger partial charge on any atom is -0.371 e. The lowest BCUT2D eigenvalue weighted by molar-refractivity contribution is -0.120. The largest absolute Gasteiger partial charge is 0.371 e. The number of carbonyl (C=O) groups excluding carboxylic acids is 1. The Bertz CT molecular complexity index is 1150. The van der Waals surface area contributed by atoms with E-state index < -0.39 is 6.10 Å². The fourth-order valence-corrected chi connectivity index (χ4v) is 5.43. The van der Waals surface area contributed by atoms with Gasteiger partial charge in [-0.25, -0.2) is 4.79 Å². The van der Waals surface area contributed by atoms with Gasteiger partial charge in [0.1, 0.15) is 12.3 Å². The molecular formula is C29H31Cl2N3O2. The number of hydrogen-bond acceptors (Lipinski definition) is 3. The summed E-state index contributed by atoms with van der Waals surface area (Å²) >= 11 is 13.1. The van der Waals surface area contributed by atoms with Crippen LogP contribution in [0.5, 0.6) is 0 Å². The number of piperidine rings is 1. The Balaban J connectivity index is 1.28. The van der Waals surface area contributed by atoms with Gasteiger partial charge in [0.25, 0.3) is 0 Å². The molecule has 3 aromatic carbocycles. The lowest BCUT2D eigenvalue weighted by Gasteiger charge is -2.42. The van der Waals surface area contributed by atoms with Gasteiger partial charge in [-0.2, -0.15) is 0 Å². The van der Waals surface area contributed by atoms with Crippen LogP contribution in [0.15, 0.2) is 72.8 Å². The molecular weight excluding hydrogens is 493 g/mol. The molecule has 188 valence electrons. The van der Waals surface area contributed by atoms with Gasteiger partial charge in [-0.3, -0.25) is 4.90 Å². The van der Waals surface area contributed by atoms with Gasteiger partial charge in [0.15, 0.2) is 0 Å². The molecule has 1 unspecified atom stereocenters. The maximum atomic E-state index is 13.2. The predicted octanol–water partition coefficient (Wildman–Crippen LogP) is 7.03. The van der Waals surface area contributed by atoms with Crippen molar-refractivity contribution >= 4 is 34.9 Å². The number of benzene rings is 3. The van der Waals surface area contributed by atoms with Gasteiger partial charge in [-0.15, -0.1) is 0 Å². The fourth-order valence-electron chi connectivity index (χ4n) is 4.96. The number of rotatable bonds is 7. The molecule has 2 aliphatic heterocycles. The first-order valence-corrected chi connectivity index (χ1v) is 13.4. The van der Waals surface area contributed by atoms with Crippen molar-refractivity contribution in [2.24, 2.45) is 0 Å². The van der Waals surface area contributed by atoms with Crippen LogP contribution in [-0.2, 0) is 11.3 Å². The average molecular weight is 524 g/mol. The summed E-state index contributed by atoms with van der Waals surface area (Å²) in [5.41, 5.74) is 4.01. The summed E-state index contributed by atoms with van der Waals surface area (Å²) in [7, 11) is 0. The van der Waals surface area contributed by atoms with E-state index in [2.05, 4.69) is 28.4 Å². The van der Waals surface area contributed by atoms with Crippen molar-refractivity contribution in [2.45, 2.75) is 44.6 Å². The molecule has 3 aromatic rings. The van der Waals surface area contributed by atoms with E-state index in [1.165, 1.54) is 24.9 Å². The quantitative estimate of drug-likeness (QED) is 0.361. The number of carbonyl (C=O) groups is 1. The number of ether oxygens (including phenoxy) is 1. The summed E-state index contributed by atoms with van der Waals surface area (Å²) in [5.74, 6) is 0. The molecule has 1 atom stereocenters. The summed E-state index contributed by atoms with van der Waals surface area (Å²) in [6, 6.07) is 23.4. The Labute approximate surface area is 222 Å². The van der Waals surface area contributed by atoms with Crippen LogP contribution in [-0.4, -0.2) is 36.8 Å². The highest BCUT2D eigenvalue weighted by Gasteiger charge is 2.36. The molecule has 36 heavy (non-hydrogen) atoms. The summed E-state index contributed by atoms with van der Waals surface area (Å²) in [5, 5.41) is 4.32. The fraction of sp³-hybridized carbons (Fsp3) is 0.345. The highest BCUT2D eigenvalue weighted by molar-refractivity contribution is 6.32. The standard InChI is InChI=1S/C29H31Cl2N3O2/c30-24-13-5-3-11-22(24)28(23-12-4-6-14-25(23)31)36-27-16-19-34(27)29(35)32-20-21-10-2-7-15-26(21)33-17-8-1-9-18-33/h2-7,10-15,27-28H,1,8-9,16-20H2,(H,32,35). The Hall–Kier alpha value is -2.73. The molecule has 0 radical (unpaired) electrons. The third kappa shape index (κ3) is 5.49. The normalized spacial score (nSPS) is 17.7. The first-order valence-electron chi connectivity index (χ1n) is 12.6. The zero-order chi connectivity index (χ0) is 24.9. The molecule has 0 bridgehead atoms. The first kappa shape index (κ1) is 24.9. The van der Waals surface area contributed by atoms with E-state index in [9.17, 15) is 4.79 Å². The summed E-state index contributed by atoms with van der Waals surface area (Å²) in [6.07, 6.45) is 3.63. The van der Waals surface area contributed by atoms with Crippen LogP contribution in [0.1, 0.15) is 48.5 Å². The SMILES string of the molecule is O=C(NCc1ccccc1N1CCCCC1)N1CCC1OC(c1ccccc1Cl)c1ccccc1Cl. The molecule has 0 aliphatic carbocycles. The Kier molecular flexibility index (Phi) is 8.00. The number of hydrogen-bond donors (Lipinski definition) is 1. The highest BCUT2D eigenvalue weighted by Crippen LogP contribution is 2.38. The number of para-hydroxylation sites is 1. The third-order valence-electron chi connectivity index (χ3n) is 7.01. The molecule has 0 saturated carbocycles. The second-order valence-electron chi connectivity index (χ2n) is 9.33. The highest BCUT2D eigenvalue weighted by atomic mass is 35.5. The van der Waals surface area contributed by atoms with Crippen molar-refractivity contribution in [1.82, 2.24) is 10.2 Å². The molecule has 7 heteroatoms.